The van der Waals surface area contributed by atoms with Gasteiger partial charge in [0.15, 0.2) is 5.96 Å². The van der Waals surface area contributed by atoms with Gasteiger partial charge in [0.25, 0.3) is 0 Å². The van der Waals surface area contributed by atoms with Gasteiger partial charge in [-0.25, -0.2) is 0 Å². The molecule has 1 aliphatic carbocycles. The summed E-state index contributed by atoms with van der Waals surface area (Å²) in [7, 11) is 0. The van der Waals surface area contributed by atoms with E-state index in [1.54, 1.807) is 0 Å². The number of nitrogens with zero attached hydrogens (tertiary/aromatic N) is 1. The van der Waals surface area contributed by atoms with Crippen LogP contribution in [0.5, 0.6) is 0 Å². The molecule has 0 aliphatic heterocycles. The van der Waals surface area contributed by atoms with Crippen LogP contribution in [0.1, 0.15) is 33.1 Å². The van der Waals surface area contributed by atoms with Crippen LogP contribution in [0.15, 0.2) is 17.6 Å². The van der Waals surface area contributed by atoms with Crippen LogP contribution in [-0.2, 0) is 4.74 Å². The minimum atomic E-state index is 0. The van der Waals surface area contributed by atoms with E-state index in [0.717, 1.165) is 45.2 Å². The Morgan fingerprint density at radius 3 is 2.63 bits per heavy atom. The minimum Gasteiger partial charge on any atom is -0.382 e. The third-order valence-corrected chi connectivity index (χ3v) is 3.27. The van der Waals surface area contributed by atoms with Crippen molar-refractivity contribution in [2.24, 2.45) is 10.4 Å². The largest absolute Gasteiger partial charge is 0.382 e. The molecule has 112 valence electrons. The molecule has 0 amide bonds. The lowest BCUT2D eigenvalue weighted by Gasteiger charge is -2.14. The summed E-state index contributed by atoms with van der Waals surface area (Å²) in [6, 6.07) is 0. The molecule has 1 fully saturated rings. The number of nitrogens with one attached hydrogen (secondary N) is 2. The van der Waals surface area contributed by atoms with E-state index < -0.39 is 0 Å². The Balaban J connectivity index is 0.00000324. The molecule has 0 atom stereocenters. The van der Waals surface area contributed by atoms with Gasteiger partial charge < -0.3 is 15.4 Å². The molecule has 0 aromatic carbocycles. The molecular weight excluding hydrogens is 353 g/mol. The molecule has 1 rings (SSSR count). The normalized spacial score (nSPS) is 16.4. The molecule has 5 heteroatoms. The highest BCUT2D eigenvalue weighted by Gasteiger charge is 2.41. The zero-order chi connectivity index (χ0) is 13.3. The van der Waals surface area contributed by atoms with Crippen molar-refractivity contribution in [1.82, 2.24) is 10.6 Å². The first-order valence-corrected chi connectivity index (χ1v) is 6.97. The predicted molar refractivity (Wildman–Crippen MR) is 92.4 cm³/mol. The maximum absolute atomic E-state index is 5.44. The highest BCUT2D eigenvalue weighted by Crippen LogP contribution is 2.48. The lowest BCUT2D eigenvalue weighted by molar-refractivity contribution is 0.129. The number of halogens is 1. The van der Waals surface area contributed by atoms with Crippen molar-refractivity contribution >= 4 is 29.9 Å². The summed E-state index contributed by atoms with van der Waals surface area (Å²) in [5.74, 6) is 0.889. The Morgan fingerprint density at radius 2 is 2.11 bits per heavy atom. The van der Waals surface area contributed by atoms with Gasteiger partial charge in [0.05, 0.1) is 0 Å². The van der Waals surface area contributed by atoms with Crippen LogP contribution in [0.2, 0.25) is 0 Å². The molecular formula is C14H28IN3O. The monoisotopic (exact) mass is 381 g/mol. The van der Waals surface area contributed by atoms with E-state index >= 15 is 0 Å². The van der Waals surface area contributed by atoms with Gasteiger partial charge in [-0.2, -0.15) is 0 Å². The molecule has 0 heterocycles. The second-order valence-electron chi connectivity index (χ2n) is 4.81. The Morgan fingerprint density at radius 1 is 1.37 bits per heavy atom. The van der Waals surface area contributed by atoms with Gasteiger partial charge in [-0.05, 0) is 38.5 Å². The van der Waals surface area contributed by atoms with E-state index in [9.17, 15) is 0 Å². The van der Waals surface area contributed by atoms with Crippen LogP contribution in [0, 0.1) is 5.41 Å². The standard InChI is InChI=1S/C14H27N3O.HI/c1-4-10-16-13(15-5-2)17-12-14(7-8-14)9-11-18-6-3;/h4H,1,5-12H2,2-3H3,(H2,15,16,17);1H. The number of aliphatic imine (C=N–C) groups is 1. The van der Waals surface area contributed by atoms with Gasteiger partial charge in [-0.1, -0.05) is 6.08 Å². The molecule has 0 aromatic heterocycles. The molecule has 1 saturated carbocycles. The smallest absolute Gasteiger partial charge is 0.191 e. The van der Waals surface area contributed by atoms with Crippen LogP contribution in [0.25, 0.3) is 0 Å². The van der Waals surface area contributed by atoms with Crippen LogP contribution < -0.4 is 10.6 Å². The molecule has 0 bridgehead atoms. The number of guanidine groups is 1. The Bertz CT molecular complexity index is 278. The molecule has 0 aromatic rings. The third-order valence-electron chi connectivity index (χ3n) is 3.27. The van der Waals surface area contributed by atoms with Gasteiger partial charge in [-0.3, -0.25) is 4.99 Å². The van der Waals surface area contributed by atoms with Crippen molar-refractivity contribution in [3.8, 4) is 0 Å². The average Bonchev–Trinajstić information content (AvgIpc) is 3.14. The minimum absolute atomic E-state index is 0. The van der Waals surface area contributed by atoms with Crippen molar-refractivity contribution in [2.45, 2.75) is 33.1 Å². The Labute approximate surface area is 134 Å². The zero-order valence-corrected chi connectivity index (χ0v) is 14.5. The Kier molecular flexibility index (Phi) is 10.3. The highest BCUT2D eigenvalue weighted by atomic mass is 127. The highest BCUT2D eigenvalue weighted by molar-refractivity contribution is 14.0. The first kappa shape index (κ1) is 18.7. The number of rotatable bonds is 9. The summed E-state index contributed by atoms with van der Waals surface area (Å²) in [6.45, 7) is 12.0. The summed E-state index contributed by atoms with van der Waals surface area (Å²) in [5, 5.41) is 6.47. The van der Waals surface area contributed by atoms with Crippen molar-refractivity contribution < 1.29 is 4.74 Å². The topological polar surface area (TPSA) is 45.7 Å². The molecule has 19 heavy (non-hydrogen) atoms. The van der Waals surface area contributed by atoms with Crippen LogP contribution in [0.3, 0.4) is 0 Å². The number of hydrogen-bond donors (Lipinski definition) is 2. The van der Waals surface area contributed by atoms with Crippen molar-refractivity contribution in [3.63, 3.8) is 0 Å². The molecule has 1 aliphatic rings. The fourth-order valence-electron chi connectivity index (χ4n) is 1.85. The molecule has 4 nitrogen and oxygen atoms in total. The maximum Gasteiger partial charge on any atom is 0.191 e. The van der Waals surface area contributed by atoms with E-state index in [0.29, 0.717) is 5.41 Å². The third kappa shape index (κ3) is 7.77. The average molecular weight is 381 g/mol. The summed E-state index contributed by atoms with van der Waals surface area (Å²) in [4.78, 5) is 4.65. The molecule has 0 saturated heterocycles. The lowest BCUT2D eigenvalue weighted by atomic mass is 10.0. The summed E-state index contributed by atoms with van der Waals surface area (Å²) in [5.41, 5.74) is 0.408. The maximum atomic E-state index is 5.44. The second-order valence-corrected chi connectivity index (χ2v) is 4.81. The quantitative estimate of drug-likeness (QED) is 0.212. The predicted octanol–water partition coefficient (Wildman–Crippen LogP) is 2.55. The number of hydrogen-bond acceptors (Lipinski definition) is 2. The summed E-state index contributed by atoms with van der Waals surface area (Å²) in [6.07, 6.45) is 5.54. The SMILES string of the molecule is C=CCNC(=NCC1(CCOCC)CC1)NCC.I. The zero-order valence-electron chi connectivity index (χ0n) is 12.2. The molecule has 2 N–H and O–H groups in total. The van der Waals surface area contributed by atoms with Gasteiger partial charge in [0.2, 0.25) is 0 Å². The number of ether oxygens (including phenoxy) is 1. The Hall–Kier alpha value is -0.300. The molecule has 0 unspecified atom stereocenters. The first-order chi connectivity index (χ1) is 8.76. The lowest BCUT2D eigenvalue weighted by Crippen LogP contribution is -2.37. The van der Waals surface area contributed by atoms with E-state index in [1.807, 2.05) is 13.0 Å². The van der Waals surface area contributed by atoms with Crippen LogP contribution in [-0.4, -0.2) is 38.8 Å². The molecule has 0 radical (unpaired) electrons. The summed E-state index contributed by atoms with van der Waals surface area (Å²) >= 11 is 0. The fraction of sp³-hybridized carbons (Fsp3) is 0.786. The first-order valence-electron chi connectivity index (χ1n) is 6.97. The summed E-state index contributed by atoms with van der Waals surface area (Å²) < 4.78 is 5.44. The van der Waals surface area contributed by atoms with Gasteiger partial charge in [-0.15, -0.1) is 30.6 Å². The van der Waals surface area contributed by atoms with E-state index in [2.05, 4.69) is 29.1 Å². The van der Waals surface area contributed by atoms with Gasteiger partial charge in [0.1, 0.15) is 0 Å². The van der Waals surface area contributed by atoms with E-state index in [1.165, 1.54) is 12.8 Å². The van der Waals surface area contributed by atoms with E-state index in [4.69, 9.17) is 4.74 Å². The van der Waals surface area contributed by atoms with Crippen LogP contribution in [0.4, 0.5) is 0 Å². The second kappa shape index (κ2) is 10.5. The van der Waals surface area contributed by atoms with Gasteiger partial charge >= 0.3 is 0 Å². The van der Waals surface area contributed by atoms with Crippen LogP contribution >= 0.6 is 24.0 Å². The van der Waals surface area contributed by atoms with Crippen molar-refractivity contribution in [2.75, 3.05) is 32.8 Å². The molecule has 0 spiro atoms. The van der Waals surface area contributed by atoms with Crippen molar-refractivity contribution in [3.05, 3.63) is 12.7 Å². The van der Waals surface area contributed by atoms with E-state index in [-0.39, 0.29) is 24.0 Å². The fourth-order valence-corrected chi connectivity index (χ4v) is 1.85. The van der Waals surface area contributed by atoms with Crippen molar-refractivity contribution in [1.29, 1.82) is 0 Å². The van der Waals surface area contributed by atoms with Gasteiger partial charge in [0, 0.05) is 32.8 Å².